The minimum absolute atomic E-state index is 0.0296. The summed E-state index contributed by atoms with van der Waals surface area (Å²) in [5.74, 6) is 0. The van der Waals surface area contributed by atoms with E-state index in [4.69, 9.17) is 5.73 Å². The number of fused-ring (bicyclic) bond motifs is 1. The molecule has 1 saturated heterocycles. The highest BCUT2D eigenvalue weighted by atomic mass is 15.1. The highest BCUT2D eigenvalue weighted by Gasteiger charge is 2.23. The van der Waals surface area contributed by atoms with Crippen molar-refractivity contribution < 1.29 is 0 Å². The van der Waals surface area contributed by atoms with E-state index < -0.39 is 0 Å². The summed E-state index contributed by atoms with van der Waals surface area (Å²) in [6.45, 7) is 12.4. The summed E-state index contributed by atoms with van der Waals surface area (Å²) in [6, 6.07) is 15.2. The molecule has 3 rings (SSSR count). The molecule has 1 aliphatic rings. The summed E-state index contributed by atoms with van der Waals surface area (Å²) in [6.07, 6.45) is 0. The summed E-state index contributed by atoms with van der Waals surface area (Å²) in [4.78, 5) is 0. The van der Waals surface area contributed by atoms with E-state index in [2.05, 4.69) is 82.9 Å². The van der Waals surface area contributed by atoms with E-state index in [0.29, 0.717) is 0 Å². The molecule has 0 bridgehead atoms. The Labute approximate surface area is 175 Å². The van der Waals surface area contributed by atoms with Gasteiger partial charge in [-0.15, -0.1) is 0 Å². The lowest BCUT2D eigenvalue weighted by molar-refractivity contribution is 0.311. The lowest BCUT2D eigenvalue weighted by Gasteiger charge is -2.33. The molecule has 160 valence electrons. The van der Waals surface area contributed by atoms with Gasteiger partial charge in [0.1, 0.15) is 0 Å². The van der Waals surface area contributed by atoms with Gasteiger partial charge in [0, 0.05) is 70.0 Å². The molecule has 2 aromatic rings. The Morgan fingerprint density at radius 3 is 1.97 bits per heavy atom. The normalized spacial score (nSPS) is 28.1. The topological polar surface area (TPSA) is 86.2 Å². The third-order valence-electron chi connectivity index (χ3n) is 5.58. The maximum Gasteiger partial charge on any atom is 0.0406 e. The van der Waals surface area contributed by atoms with Crippen molar-refractivity contribution in [2.45, 2.75) is 31.5 Å². The first-order valence-electron chi connectivity index (χ1n) is 10.8. The van der Waals surface area contributed by atoms with Gasteiger partial charge in [-0.2, -0.15) is 0 Å². The van der Waals surface area contributed by atoms with Gasteiger partial charge in [-0.3, -0.25) is 0 Å². The van der Waals surface area contributed by atoms with Crippen LogP contribution in [-0.4, -0.2) is 63.4 Å². The van der Waals surface area contributed by atoms with Crippen LogP contribution >= 0.6 is 0 Å². The molecule has 0 unspecified atom stereocenters. The number of benzene rings is 2. The van der Waals surface area contributed by atoms with Crippen LogP contribution in [0.3, 0.4) is 0 Å². The molecule has 7 N–H and O–H groups in total. The Morgan fingerprint density at radius 1 is 0.793 bits per heavy atom. The molecule has 1 aliphatic heterocycles. The molecule has 1 heterocycles. The average molecular weight is 399 g/mol. The smallest absolute Gasteiger partial charge is 0.0406 e. The minimum atomic E-state index is -0.222. The molecule has 0 aliphatic carbocycles. The molecule has 0 spiro atoms. The Morgan fingerprint density at radius 2 is 1.34 bits per heavy atom. The fraction of sp³-hybridized carbons (Fsp3) is 0.565. The second-order valence-electron chi connectivity index (χ2n) is 8.96. The Bertz CT molecular complexity index is 742. The lowest BCUT2D eigenvalue weighted by atomic mass is 10.0. The first-order chi connectivity index (χ1) is 14.0. The van der Waals surface area contributed by atoms with Crippen LogP contribution in [0.2, 0.25) is 0 Å². The maximum absolute atomic E-state index is 6.32. The fourth-order valence-electron chi connectivity index (χ4n) is 3.74. The Kier molecular flexibility index (Phi) is 8.00. The SMILES string of the molecule is CC1(N)CNCCNCC(C)(NCc2ccc3ccccc3c2)CNCCNC1. The van der Waals surface area contributed by atoms with E-state index >= 15 is 0 Å². The van der Waals surface area contributed by atoms with E-state index in [9.17, 15) is 0 Å². The zero-order chi connectivity index (χ0) is 20.6. The number of hydrogen-bond donors (Lipinski definition) is 6. The molecule has 1 fully saturated rings. The molecule has 6 nitrogen and oxygen atoms in total. The zero-order valence-electron chi connectivity index (χ0n) is 18.0. The Balaban J connectivity index is 1.56. The van der Waals surface area contributed by atoms with Crippen LogP contribution < -0.4 is 32.3 Å². The van der Waals surface area contributed by atoms with E-state index in [0.717, 1.165) is 58.9 Å². The largest absolute Gasteiger partial charge is 0.323 e. The van der Waals surface area contributed by atoms with Crippen LogP contribution in [0.15, 0.2) is 42.5 Å². The first kappa shape index (κ1) is 22.2. The standard InChI is InChI=1S/C23H38N6/c1-22(24)15-25-9-11-27-17-23(2,18-28-12-10-26-16-22)29-14-19-7-8-20-5-3-4-6-21(20)13-19/h3-8,13,25-29H,9-12,14-18,24H2,1-2H3. The predicted octanol–water partition coefficient (Wildman–Crippen LogP) is 0.778. The van der Waals surface area contributed by atoms with Crippen molar-refractivity contribution in [3.63, 3.8) is 0 Å². The third-order valence-corrected chi connectivity index (χ3v) is 5.58. The summed E-state index contributed by atoms with van der Waals surface area (Å²) < 4.78 is 0. The van der Waals surface area contributed by atoms with Gasteiger partial charge in [-0.1, -0.05) is 36.4 Å². The maximum atomic E-state index is 6.32. The van der Waals surface area contributed by atoms with Crippen LogP contribution in [0.5, 0.6) is 0 Å². The average Bonchev–Trinajstić information content (AvgIpc) is 2.71. The van der Waals surface area contributed by atoms with E-state index in [1.807, 2.05) is 0 Å². The number of nitrogens with two attached hydrogens (primary N) is 1. The van der Waals surface area contributed by atoms with Crippen LogP contribution in [0.1, 0.15) is 19.4 Å². The lowest BCUT2D eigenvalue weighted by Crippen LogP contribution is -2.58. The molecule has 0 atom stereocenters. The first-order valence-corrected chi connectivity index (χ1v) is 10.8. The molecular formula is C23H38N6. The summed E-state index contributed by atoms with van der Waals surface area (Å²) in [5, 5.41) is 20.5. The summed E-state index contributed by atoms with van der Waals surface area (Å²) in [7, 11) is 0. The quantitative estimate of drug-likeness (QED) is 0.458. The number of nitrogens with one attached hydrogen (secondary N) is 5. The number of rotatable bonds is 3. The van der Waals surface area contributed by atoms with Crippen molar-refractivity contribution >= 4 is 10.8 Å². The van der Waals surface area contributed by atoms with Gasteiger partial charge in [0.25, 0.3) is 0 Å². The minimum Gasteiger partial charge on any atom is -0.323 e. The monoisotopic (exact) mass is 398 g/mol. The molecule has 0 aromatic heterocycles. The molecule has 0 amide bonds. The van der Waals surface area contributed by atoms with Gasteiger partial charge < -0.3 is 32.3 Å². The predicted molar refractivity (Wildman–Crippen MR) is 123 cm³/mol. The molecule has 0 saturated carbocycles. The second kappa shape index (κ2) is 10.5. The summed E-state index contributed by atoms with van der Waals surface area (Å²) in [5.41, 5.74) is 7.39. The van der Waals surface area contributed by atoms with Crippen LogP contribution in [0.4, 0.5) is 0 Å². The van der Waals surface area contributed by atoms with Gasteiger partial charge >= 0.3 is 0 Å². The highest BCUT2D eigenvalue weighted by Crippen LogP contribution is 2.16. The molecule has 29 heavy (non-hydrogen) atoms. The van der Waals surface area contributed by atoms with E-state index in [1.54, 1.807) is 0 Å². The Hall–Kier alpha value is -1.54. The van der Waals surface area contributed by atoms with Crippen LogP contribution in [-0.2, 0) is 6.54 Å². The van der Waals surface area contributed by atoms with Crippen molar-refractivity contribution in [3.8, 4) is 0 Å². The zero-order valence-corrected chi connectivity index (χ0v) is 18.0. The molecule has 2 aromatic carbocycles. The van der Waals surface area contributed by atoms with Crippen LogP contribution in [0.25, 0.3) is 10.8 Å². The van der Waals surface area contributed by atoms with Crippen molar-refractivity contribution in [1.29, 1.82) is 0 Å². The molecule has 0 radical (unpaired) electrons. The molecular weight excluding hydrogens is 360 g/mol. The van der Waals surface area contributed by atoms with Crippen molar-refractivity contribution in [2.75, 3.05) is 52.4 Å². The van der Waals surface area contributed by atoms with Gasteiger partial charge in [0.15, 0.2) is 0 Å². The van der Waals surface area contributed by atoms with E-state index in [1.165, 1.54) is 16.3 Å². The van der Waals surface area contributed by atoms with Crippen LogP contribution in [0, 0.1) is 0 Å². The van der Waals surface area contributed by atoms with E-state index in [-0.39, 0.29) is 11.1 Å². The van der Waals surface area contributed by atoms with Gasteiger partial charge in [0.05, 0.1) is 0 Å². The van der Waals surface area contributed by atoms with Gasteiger partial charge in [-0.05, 0) is 36.2 Å². The van der Waals surface area contributed by atoms with Crippen molar-refractivity contribution in [2.24, 2.45) is 5.73 Å². The van der Waals surface area contributed by atoms with Gasteiger partial charge in [-0.25, -0.2) is 0 Å². The van der Waals surface area contributed by atoms with Gasteiger partial charge in [0.2, 0.25) is 0 Å². The number of hydrogen-bond acceptors (Lipinski definition) is 6. The van der Waals surface area contributed by atoms with Crippen molar-refractivity contribution in [3.05, 3.63) is 48.0 Å². The highest BCUT2D eigenvalue weighted by molar-refractivity contribution is 5.82. The fourth-order valence-corrected chi connectivity index (χ4v) is 3.74. The summed E-state index contributed by atoms with van der Waals surface area (Å²) >= 11 is 0. The van der Waals surface area contributed by atoms with Crippen molar-refractivity contribution in [1.82, 2.24) is 26.6 Å². The third kappa shape index (κ3) is 7.33. The molecule has 6 heteroatoms. The second-order valence-corrected chi connectivity index (χ2v) is 8.96.